The van der Waals surface area contributed by atoms with Gasteiger partial charge in [0.05, 0.1) is 17.5 Å². The van der Waals surface area contributed by atoms with Crippen LogP contribution in [-0.2, 0) is 83.8 Å². The molecule has 0 aliphatic heterocycles. The number of guanidine groups is 1. The van der Waals surface area contributed by atoms with Crippen molar-refractivity contribution in [2.24, 2.45) is 0 Å². The highest BCUT2D eigenvalue weighted by Gasteiger charge is 2.36. The molecule has 14 N–H and O–H groups in total. The number of amides is 8. The highest BCUT2D eigenvalue weighted by atomic mass is 79.9. The second-order valence-electron chi connectivity index (χ2n) is 29.1. The van der Waals surface area contributed by atoms with E-state index in [1.807, 2.05) is 103 Å². The van der Waals surface area contributed by atoms with Gasteiger partial charge in [0.1, 0.15) is 55.2 Å². The van der Waals surface area contributed by atoms with Crippen molar-refractivity contribution in [3.05, 3.63) is 238 Å². The van der Waals surface area contributed by atoms with Gasteiger partial charge in [-0.3, -0.25) is 48.6 Å². The van der Waals surface area contributed by atoms with Crippen LogP contribution in [0, 0.1) is 12.3 Å². The van der Waals surface area contributed by atoms with Gasteiger partial charge in [-0.05, 0) is 179 Å². The molecule has 30 heteroatoms. The molecule has 0 heterocycles. The predicted molar refractivity (Wildman–Crippen MR) is 453 cm³/mol. The lowest BCUT2D eigenvalue weighted by atomic mass is 9.98. The lowest BCUT2D eigenvalue weighted by Crippen LogP contribution is -2.60. The number of alkyl carbamates (subject to hydrolysis) is 1. The molecule has 0 bridgehead atoms. The predicted octanol–water partition coefficient (Wildman–Crippen LogP) is 7.97. The van der Waals surface area contributed by atoms with Gasteiger partial charge in [0.25, 0.3) is 10.0 Å². The molecule has 9 rings (SSSR count). The lowest BCUT2D eigenvalue weighted by Gasteiger charge is -2.28. The van der Waals surface area contributed by atoms with Crippen LogP contribution in [0.15, 0.2) is 203 Å². The molecule has 28 nitrogen and oxygen atoms in total. The van der Waals surface area contributed by atoms with E-state index in [4.69, 9.17) is 14.9 Å². The minimum absolute atomic E-state index is 0.0280. The Bertz CT molecular complexity index is 4860. The van der Waals surface area contributed by atoms with Gasteiger partial charge in [0.2, 0.25) is 47.3 Å². The number of nitrogens with one attached hydrogen (secondary N) is 13. The quantitative estimate of drug-likeness (QED) is 0.00976. The SMILES string of the molecule is CNCCCC[C@H](NC(=O)[C@@H](CCC(=O)O)NC(=O)CNC(=O)[C@H](Cc1ccc2ccccc2c1)NC(=O)[C@@H](CCCNC(=N)NS(=O)(=O)c1ccc(C)cc1)NC(=O)[C@H](CCCCNC)NC(=O)[C@H](Cc1ccc(OCc2ccccc2Br)cc1)NC(=O)[C@H](Cc1ccccc1)NC(=O)OCC1c2ccccc2-c2ccccc21)C(C)=O. The van der Waals surface area contributed by atoms with Gasteiger partial charge < -0.3 is 73.1 Å². The maximum absolute atomic E-state index is 15.5. The van der Waals surface area contributed by atoms with E-state index < -0.39 is 125 Å². The third-order valence-electron chi connectivity index (χ3n) is 20.1. The van der Waals surface area contributed by atoms with Gasteiger partial charge in [-0.15, -0.1) is 0 Å². The first-order chi connectivity index (χ1) is 56.8. The topological polar surface area (TPSA) is 412 Å². The zero-order valence-corrected chi connectivity index (χ0v) is 68.9. The van der Waals surface area contributed by atoms with E-state index in [1.54, 1.807) is 99.9 Å². The van der Waals surface area contributed by atoms with E-state index in [2.05, 4.69) is 79.1 Å². The van der Waals surface area contributed by atoms with E-state index in [0.717, 1.165) is 48.6 Å². The number of hydrogen-bond acceptors (Lipinski definition) is 17. The first-order valence-electron chi connectivity index (χ1n) is 39.5. The van der Waals surface area contributed by atoms with Crippen LogP contribution in [0.4, 0.5) is 4.79 Å². The number of carboxylic acids is 1. The molecule has 0 saturated heterocycles. The molecule has 0 fully saturated rings. The Kier molecular flexibility index (Phi) is 34.8. The molecular formula is C88H104BrN13O15S. The molecule has 8 aromatic rings. The van der Waals surface area contributed by atoms with Crippen LogP contribution in [0.5, 0.6) is 5.75 Å². The Morgan fingerprint density at radius 3 is 1.58 bits per heavy atom. The number of Topliss-reactive ketones (excluding diaryl/α,β-unsaturated/α-hetero) is 1. The second kappa shape index (κ2) is 45.6. The summed E-state index contributed by atoms with van der Waals surface area (Å²) in [4.78, 5) is 143. The third-order valence-corrected chi connectivity index (χ3v) is 22.3. The zero-order chi connectivity index (χ0) is 84.5. The lowest BCUT2D eigenvalue weighted by molar-refractivity contribution is -0.138. The maximum Gasteiger partial charge on any atom is 0.407 e. The zero-order valence-electron chi connectivity index (χ0n) is 66.5. The summed E-state index contributed by atoms with van der Waals surface area (Å²) in [5, 5.41) is 50.6. The summed E-state index contributed by atoms with van der Waals surface area (Å²) in [5.74, 6) is -8.14. The largest absolute Gasteiger partial charge is 0.489 e. The smallest absolute Gasteiger partial charge is 0.407 e. The van der Waals surface area contributed by atoms with Crippen molar-refractivity contribution in [1.29, 1.82) is 5.41 Å². The molecule has 0 spiro atoms. The fraction of sp³-hybridized carbons (Fsp3) is 0.352. The van der Waals surface area contributed by atoms with Crippen LogP contribution in [-0.4, -0.2) is 168 Å². The van der Waals surface area contributed by atoms with Crippen molar-refractivity contribution in [3.8, 4) is 16.9 Å². The average Bonchev–Trinajstić information content (AvgIpc) is 1.62. The monoisotopic (exact) mass is 1690 g/mol. The Balaban J connectivity index is 0.996. The number of ether oxygens (including phenoxy) is 2. The summed E-state index contributed by atoms with van der Waals surface area (Å²) < 4.78 is 41.9. The van der Waals surface area contributed by atoms with Gasteiger partial charge in [-0.1, -0.05) is 185 Å². The molecule has 0 saturated carbocycles. The minimum atomic E-state index is -4.24. The molecule has 0 radical (unpaired) electrons. The standard InChI is InChI=1S/C88H104BrN13O15S/c1-56-34-42-65(43-35-56)118(114,115)102-87(90)93-48-20-33-74(83(109)99-76(52-60-36-39-61-23-8-9-24-62(61)49-60)81(107)94-53-79(104)95-75(44-45-80(105)106)84(110)96-72(57(2)103)31-16-18-46-91-3)97-82(108)73(32-17-19-47-92-4)98-85(111)77(51-59-37-40-64(41-38-59)116-54-63-25-10-15-30-71(63)89)100-86(112)78(50-58-21-6-5-7-22-58)101-88(113)117-55-70-68-28-13-11-26-66(68)67-27-12-14-29-69(67)70/h5-15,21-30,34-43,49,70,72-78,91-92H,16-20,31-33,44-48,50-55H2,1-4H3,(H,94,107)(H,95,104)(H,96,110)(H,97,108)(H,98,111)(H,99,109)(H,100,112)(H,101,113)(H,105,106)(H3,90,93,102)/t72-,73-,74+,75+,76-,77-,78-/m0/s1. The number of aryl methyl sites for hydroxylation is 1. The molecule has 8 aromatic carbocycles. The number of hydrogen-bond donors (Lipinski definition) is 14. The first-order valence-corrected chi connectivity index (χ1v) is 41.7. The van der Waals surface area contributed by atoms with Crippen LogP contribution in [0.1, 0.15) is 116 Å². The van der Waals surface area contributed by atoms with E-state index >= 15 is 19.2 Å². The molecular weight excluding hydrogens is 1590 g/mol. The summed E-state index contributed by atoms with van der Waals surface area (Å²) in [7, 11) is -0.713. The third kappa shape index (κ3) is 27.9. The van der Waals surface area contributed by atoms with Crippen molar-refractivity contribution < 1.29 is 70.9 Å². The van der Waals surface area contributed by atoms with Crippen LogP contribution >= 0.6 is 15.9 Å². The van der Waals surface area contributed by atoms with E-state index in [-0.39, 0.29) is 87.7 Å². The number of carbonyl (C=O) groups is 10. The first kappa shape index (κ1) is 90.1. The Morgan fingerprint density at radius 1 is 0.483 bits per heavy atom. The summed E-state index contributed by atoms with van der Waals surface area (Å²) >= 11 is 3.57. The summed E-state index contributed by atoms with van der Waals surface area (Å²) in [5.41, 5.74) is 7.41. The van der Waals surface area contributed by atoms with E-state index in [0.29, 0.717) is 61.2 Å². The Hall–Kier alpha value is -11.9. The van der Waals surface area contributed by atoms with Crippen LogP contribution in [0.25, 0.3) is 21.9 Å². The van der Waals surface area contributed by atoms with Gasteiger partial charge in [-0.25, -0.2) is 17.9 Å². The number of aliphatic carboxylic acids is 1. The fourth-order valence-electron chi connectivity index (χ4n) is 13.7. The van der Waals surface area contributed by atoms with Gasteiger partial charge in [0, 0.05) is 48.2 Å². The number of sulfonamides is 1. The normalized spacial score (nSPS) is 13.4. The molecule has 8 amide bonds. The van der Waals surface area contributed by atoms with Crippen LogP contribution in [0.2, 0.25) is 0 Å². The number of unbranched alkanes of at least 4 members (excludes halogenated alkanes) is 2. The summed E-state index contributed by atoms with van der Waals surface area (Å²) in [6, 6.07) is 48.1. The van der Waals surface area contributed by atoms with Gasteiger partial charge >= 0.3 is 12.1 Å². The molecule has 7 atom stereocenters. The Morgan fingerprint density at radius 2 is 0.975 bits per heavy atom. The van der Waals surface area contributed by atoms with Crippen molar-refractivity contribution in [3.63, 3.8) is 0 Å². The van der Waals surface area contributed by atoms with Crippen LogP contribution < -0.4 is 67.9 Å². The van der Waals surface area contributed by atoms with Crippen LogP contribution in [0.3, 0.4) is 0 Å². The second-order valence-corrected chi connectivity index (χ2v) is 31.6. The molecule has 0 unspecified atom stereocenters. The fourth-order valence-corrected chi connectivity index (χ4v) is 15.1. The highest BCUT2D eigenvalue weighted by Crippen LogP contribution is 2.44. The molecule has 1 aliphatic carbocycles. The van der Waals surface area contributed by atoms with Crippen molar-refractivity contribution in [2.75, 3.05) is 46.9 Å². The molecule has 1 aliphatic rings. The molecule has 0 aromatic heterocycles. The van der Waals surface area contributed by atoms with Gasteiger partial charge in [0.15, 0.2) is 5.78 Å². The van der Waals surface area contributed by atoms with Crippen molar-refractivity contribution >= 4 is 102 Å². The number of rotatable bonds is 46. The Labute approximate surface area is 695 Å². The highest BCUT2D eigenvalue weighted by molar-refractivity contribution is 9.10. The van der Waals surface area contributed by atoms with Crippen molar-refractivity contribution in [2.45, 2.75) is 157 Å². The number of carbonyl (C=O) groups excluding carboxylic acids is 9. The van der Waals surface area contributed by atoms with Gasteiger partial charge in [-0.2, -0.15) is 0 Å². The summed E-state index contributed by atoms with van der Waals surface area (Å²) in [6.07, 6.45) is -0.226. The number of fused-ring (bicyclic) bond motifs is 4. The molecule has 118 heavy (non-hydrogen) atoms. The number of halogens is 1. The van der Waals surface area contributed by atoms with E-state index in [9.17, 15) is 42.3 Å². The average molecular weight is 1700 g/mol. The van der Waals surface area contributed by atoms with Crippen molar-refractivity contribution in [1.82, 2.24) is 63.2 Å². The molecule has 624 valence electrons. The summed E-state index contributed by atoms with van der Waals surface area (Å²) in [6.45, 7) is 3.45. The number of benzene rings is 8. The number of ketones is 1. The number of carboxylic acid groups (broad SMARTS) is 1. The van der Waals surface area contributed by atoms with E-state index in [1.165, 1.54) is 19.1 Å². The maximum atomic E-state index is 15.5. The minimum Gasteiger partial charge on any atom is -0.489 e.